The van der Waals surface area contributed by atoms with Crippen molar-refractivity contribution in [2.75, 3.05) is 0 Å². The van der Waals surface area contributed by atoms with Gasteiger partial charge in [-0.1, -0.05) is 12.1 Å². The molecule has 0 amide bonds. The van der Waals surface area contributed by atoms with Crippen LogP contribution in [0.4, 0.5) is 0 Å². The smallest absolute Gasteiger partial charge is 0.189 e. The summed E-state index contributed by atoms with van der Waals surface area (Å²) >= 11 is 0. The van der Waals surface area contributed by atoms with Gasteiger partial charge in [0, 0.05) is 35.9 Å². The van der Waals surface area contributed by atoms with E-state index in [1.807, 2.05) is 48.5 Å². The number of ether oxygens (including phenoxy) is 1. The maximum absolute atomic E-state index is 12.9. The van der Waals surface area contributed by atoms with Crippen molar-refractivity contribution in [2.45, 2.75) is 19.4 Å². The van der Waals surface area contributed by atoms with E-state index in [2.05, 4.69) is 9.97 Å². The summed E-state index contributed by atoms with van der Waals surface area (Å²) < 4.78 is 5.85. The van der Waals surface area contributed by atoms with E-state index in [4.69, 9.17) is 4.74 Å². The summed E-state index contributed by atoms with van der Waals surface area (Å²) in [7, 11) is 0. The van der Waals surface area contributed by atoms with E-state index in [9.17, 15) is 4.79 Å². The number of rotatable bonds is 4. The molecule has 4 heteroatoms. The second-order valence-electron chi connectivity index (χ2n) is 6.25. The number of aryl methyl sites for hydroxylation is 1. The molecule has 0 saturated carbocycles. The van der Waals surface area contributed by atoms with Gasteiger partial charge in [0.1, 0.15) is 12.4 Å². The number of ketones is 1. The standard InChI is InChI=1S/C22H18N2O2/c25-22-19(12-17-2-1-9-24-14-17)4-3-18-5-6-20(13-21(18)22)26-15-16-7-10-23-11-8-16/h1-2,5-14H,3-4,15H2/b19-12-. The second kappa shape index (κ2) is 7.31. The lowest BCUT2D eigenvalue weighted by Crippen LogP contribution is -2.14. The molecule has 128 valence electrons. The van der Waals surface area contributed by atoms with Gasteiger partial charge in [-0.2, -0.15) is 0 Å². The average Bonchev–Trinajstić information content (AvgIpc) is 2.70. The first-order valence-corrected chi connectivity index (χ1v) is 8.59. The second-order valence-corrected chi connectivity index (χ2v) is 6.25. The molecule has 0 aliphatic heterocycles. The summed E-state index contributed by atoms with van der Waals surface area (Å²) in [5, 5.41) is 0. The Labute approximate surface area is 152 Å². The van der Waals surface area contributed by atoms with Crippen molar-refractivity contribution in [1.82, 2.24) is 9.97 Å². The van der Waals surface area contributed by atoms with Crippen LogP contribution in [0.3, 0.4) is 0 Å². The normalized spacial score (nSPS) is 14.9. The van der Waals surface area contributed by atoms with E-state index in [-0.39, 0.29) is 5.78 Å². The molecule has 0 fully saturated rings. The highest BCUT2D eigenvalue weighted by molar-refractivity contribution is 6.13. The summed E-state index contributed by atoms with van der Waals surface area (Å²) in [6, 6.07) is 13.4. The van der Waals surface area contributed by atoms with Crippen LogP contribution in [0, 0.1) is 0 Å². The minimum atomic E-state index is 0.0736. The van der Waals surface area contributed by atoms with Crippen LogP contribution < -0.4 is 4.74 Å². The summed E-state index contributed by atoms with van der Waals surface area (Å²) in [4.78, 5) is 21.0. The molecule has 1 aliphatic carbocycles. The Morgan fingerprint density at radius 2 is 1.88 bits per heavy atom. The first-order chi connectivity index (χ1) is 12.8. The Kier molecular flexibility index (Phi) is 4.56. The number of benzene rings is 1. The van der Waals surface area contributed by atoms with Gasteiger partial charge in [0.15, 0.2) is 5.78 Å². The van der Waals surface area contributed by atoms with E-state index in [1.54, 1.807) is 24.8 Å². The third-order valence-electron chi connectivity index (χ3n) is 4.46. The van der Waals surface area contributed by atoms with Gasteiger partial charge in [-0.05, 0) is 65.9 Å². The number of hydrogen-bond acceptors (Lipinski definition) is 4. The van der Waals surface area contributed by atoms with Crippen molar-refractivity contribution in [3.8, 4) is 5.75 Å². The van der Waals surface area contributed by atoms with Crippen molar-refractivity contribution in [2.24, 2.45) is 0 Å². The van der Waals surface area contributed by atoms with Gasteiger partial charge >= 0.3 is 0 Å². The minimum absolute atomic E-state index is 0.0736. The molecule has 3 aromatic rings. The first kappa shape index (κ1) is 16.2. The fourth-order valence-corrected chi connectivity index (χ4v) is 3.08. The number of Topliss-reactive ketones (excluding diaryl/α,β-unsaturated/α-hetero) is 1. The van der Waals surface area contributed by atoms with Crippen molar-refractivity contribution >= 4 is 11.9 Å². The van der Waals surface area contributed by atoms with Gasteiger partial charge in [-0.25, -0.2) is 0 Å². The molecule has 0 saturated heterocycles. The SMILES string of the molecule is O=C1/C(=C\c2cccnc2)CCc2ccc(OCc3ccncc3)cc21. The highest BCUT2D eigenvalue weighted by Crippen LogP contribution is 2.29. The molecule has 2 heterocycles. The fourth-order valence-electron chi connectivity index (χ4n) is 3.08. The molecule has 0 unspecified atom stereocenters. The van der Waals surface area contributed by atoms with Crippen LogP contribution in [0.1, 0.15) is 33.5 Å². The zero-order valence-electron chi connectivity index (χ0n) is 14.3. The van der Waals surface area contributed by atoms with Crippen LogP contribution >= 0.6 is 0 Å². The van der Waals surface area contributed by atoms with Crippen molar-refractivity contribution in [1.29, 1.82) is 0 Å². The Morgan fingerprint density at radius 3 is 2.69 bits per heavy atom. The molecule has 0 N–H and O–H groups in total. The van der Waals surface area contributed by atoms with Crippen LogP contribution in [-0.2, 0) is 13.0 Å². The topological polar surface area (TPSA) is 52.1 Å². The Morgan fingerprint density at radius 1 is 1.00 bits per heavy atom. The van der Waals surface area contributed by atoms with Crippen LogP contribution in [0.15, 0.2) is 72.8 Å². The van der Waals surface area contributed by atoms with Crippen molar-refractivity contribution in [3.05, 3.63) is 95.1 Å². The number of aromatic nitrogens is 2. The highest BCUT2D eigenvalue weighted by Gasteiger charge is 2.22. The largest absolute Gasteiger partial charge is 0.489 e. The fraction of sp³-hybridized carbons (Fsp3) is 0.136. The van der Waals surface area contributed by atoms with E-state index < -0.39 is 0 Å². The number of carbonyl (C=O) groups is 1. The van der Waals surface area contributed by atoms with Crippen LogP contribution in [0.2, 0.25) is 0 Å². The third kappa shape index (κ3) is 3.54. The monoisotopic (exact) mass is 342 g/mol. The van der Waals surface area contributed by atoms with Gasteiger partial charge in [0.2, 0.25) is 0 Å². The van der Waals surface area contributed by atoms with Gasteiger partial charge < -0.3 is 4.74 Å². The number of fused-ring (bicyclic) bond motifs is 1. The Hall–Kier alpha value is -3.27. The molecule has 0 spiro atoms. The highest BCUT2D eigenvalue weighted by atomic mass is 16.5. The lowest BCUT2D eigenvalue weighted by atomic mass is 9.86. The van der Waals surface area contributed by atoms with Crippen LogP contribution in [0.25, 0.3) is 6.08 Å². The van der Waals surface area contributed by atoms with E-state index in [1.165, 1.54) is 0 Å². The maximum atomic E-state index is 12.9. The number of hydrogen-bond donors (Lipinski definition) is 0. The third-order valence-corrected chi connectivity index (χ3v) is 4.46. The maximum Gasteiger partial charge on any atom is 0.189 e. The minimum Gasteiger partial charge on any atom is -0.489 e. The van der Waals surface area contributed by atoms with Crippen LogP contribution in [0.5, 0.6) is 5.75 Å². The summed E-state index contributed by atoms with van der Waals surface area (Å²) in [6.07, 6.45) is 10.5. The Balaban J connectivity index is 1.55. The van der Waals surface area contributed by atoms with Crippen molar-refractivity contribution < 1.29 is 9.53 Å². The molecular formula is C22H18N2O2. The summed E-state index contributed by atoms with van der Waals surface area (Å²) in [6.45, 7) is 0.452. The summed E-state index contributed by atoms with van der Waals surface area (Å²) in [5.74, 6) is 0.779. The number of pyridine rings is 2. The molecule has 4 nitrogen and oxygen atoms in total. The lowest BCUT2D eigenvalue weighted by molar-refractivity contribution is 0.102. The van der Waals surface area contributed by atoms with E-state index in [0.29, 0.717) is 12.4 Å². The molecule has 1 aliphatic rings. The molecule has 0 atom stereocenters. The van der Waals surface area contributed by atoms with Gasteiger partial charge in [-0.15, -0.1) is 0 Å². The molecule has 0 radical (unpaired) electrons. The predicted molar refractivity (Wildman–Crippen MR) is 99.9 cm³/mol. The average molecular weight is 342 g/mol. The first-order valence-electron chi connectivity index (χ1n) is 8.59. The van der Waals surface area contributed by atoms with E-state index >= 15 is 0 Å². The van der Waals surface area contributed by atoms with Gasteiger partial charge in [0.25, 0.3) is 0 Å². The van der Waals surface area contributed by atoms with Crippen LogP contribution in [-0.4, -0.2) is 15.8 Å². The summed E-state index contributed by atoms with van der Waals surface area (Å²) in [5.41, 5.74) is 4.62. The van der Waals surface area contributed by atoms with Gasteiger partial charge in [-0.3, -0.25) is 14.8 Å². The predicted octanol–water partition coefficient (Wildman–Crippen LogP) is 4.27. The quantitative estimate of drug-likeness (QED) is 0.665. The van der Waals surface area contributed by atoms with Gasteiger partial charge in [0.05, 0.1) is 0 Å². The number of nitrogens with zero attached hydrogens (tertiary/aromatic N) is 2. The van der Waals surface area contributed by atoms with E-state index in [0.717, 1.165) is 40.7 Å². The molecule has 26 heavy (non-hydrogen) atoms. The molecule has 1 aromatic carbocycles. The molecule has 4 rings (SSSR count). The number of carbonyl (C=O) groups excluding carboxylic acids is 1. The number of allylic oxidation sites excluding steroid dienone is 1. The van der Waals surface area contributed by atoms with Crippen molar-refractivity contribution in [3.63, 3.8) is 0 Å². The molecule has 2 aromatic heterocycles. The lowest BCUT2D eigenvalue weighted by Gasteiger charge is -2.18. The molecule has 0 bridgehead atoms. The Bertz CT molecular complexity index is 950. The zero-order chi connectivity index (χ0) is 17.8. The molecular weight excluding hydrogens is 324 g/mol. The zero-order valence-corrected chi connectivity index (χ0v) is 14.3.